The summed E-state index contributed by atoms with van der Waals surface area (Å²) in [5.41, 5.74) is 2.82. The normalized spacial score (nSPS) is 16.3. The average molecular weight is 440 g/mol. The van der Waals surface area contributed by atoms with Crippen LogP contribution in [0.25, 0.3) is 0 Å². The number of halogens is 1. The highest BCUT2D eigenvalue weighted by Crippen LogP contribution is 2.37. The molecule has 2 N–H and O–H groups in total. The van der Waals surface area contributed by atoms with E-state index < -0.39 is 6.04 Å². The zero-order valence-electron chi connectivity index (χ0n) is 18.1. The van der Waals surface area contributed by atoms with Gasteiger partial charge in [0.15, 0.2) is 16.6 Å². The van der Waals surface area contributed by atoms with E-state index in [2.05, 4.69) is 16.7 Å². The van der Waals surface area contributed by atoms with E-state index in [0.717, 1.165) is 16.8 Å². The molecular weight excluding hydrogens is 413 g/mol. The van der Waals surface area contributed by atoms with Crippen molar-refractivity contribution in [1.82, 2.24) is 10.6 Å². The van der Waals surface area contributed by atoms with Crippen molar-refractivity contribution in [3.8, 4) is 17.6 Å². The van der Waals surface area contributed by atoms with E-state index in [0.29, 0.717) is 28.8 Å². The lowest BCUT2D eigenvalue weighted by Gasteiger charge is -2.35. The molecular formula is C24H26FN3O2S. The quantitative estimate of drug-likeness (QED) is 0.607. The van der Waals surface area contributed by atoms with Gasteiger partial charge in [-0.3, -0.25) is 0 Å². The van der Waals surface area contributed by atoms with Crippen molar-refractivity contribution in [1.29, 1.82) is 5.26 Å². The molecule has 0 saturated heterocycles. The van der Waals surface area contributed by atoms with Crippen LogP contribution in [0.3, 0.4) is 0 Å². The number of allylic oxidation sites excluding steroid dienone is 1. The second kappa shape index (κ2) is 9.36. The third-order valence-corrected chi connectivity index (χ3v) is 5.07. The number of rotatable bonds is 6. The third-order valence-electron chi connectivity index (χ3n) is 4.85. The first-order valence-electron chi connectivity index (χ1n) is 10.1. The lowest BCUT2D eigenvalue weighted by atomic mass is 9.84. The van der Waals surface area contributed by atoms with Crippen molar-refractivity contribution in [2.24, 2.45) is 5.41 Å². The highest BCUT2D eigenvalue weighted by Gasteiger charge is 2.32. The molecule has 0 saturated carbocycles. The summed E-state index contributed by atoms with van der Waals surface area (Å²) >= 11 is 5.40. The molecule has 0 unspecified atom stereocenters. The van der Waals surface area contributed by atoms with Crippen LogP contribution in [-0.4, -0.2) is 11.7 Å². The molecule has 1 aliphatic heterocycles. The fourth-order valence-corrected chi connectivity index (χ4v) is 3.58. The molecule has 2 aromatic carbocycles. The number of hydrogen-bond donors (Lipinski definition) is 2. The van der Waals surface area contributed by atoms with Crippen molar-refractivity contribution >= 4 is 17.3 Å². The number of thiocarbonyl (C=S) groups is 1. The summed E-state index contributed by atoms with van der Waals surface area (Å²) in [6.45, 7) is 8.75. The third kappa shape index (κ3) is 5.33. The Labute approximate surface area is 187 Å². The number of nitriles is 1. The van der Waals surface area contributed by atoms with Crippen molar-refractivity contribution in [2.45, 2.75) is 40.3 Å². The number of nitrogens with one attached hydrogen (secondary N) is 2. The smallest absolute Gasteiger partial charge is 0.171 e. The molecule has 0 bridgehead atoms. The van der Waals surface area contributed by atoms with E-state index in [1.807, 2.05) is 45.9 Å². The number of nitrogens with zero attached hydrogens (tertiary/aromatic N) is 1. The Balaban J connectivity index is 1.93. The Kier molecular flexibility index (Phi) is 6.81. The zero-order valence-corrected chi connectivity index (χ0v) is 18.9. The molecule has 1 atom stereocenters. The molecule has 0 fully saturated rings. The maximum absolute atomic E-state index is 13.1. The fourth-order valence-electron chi connectivity index (χ4n) is 3.36. The van der Waals surface area contributed by atoms with Gasteiger partial charge in [0.25, 0.3) is 0 Å². The maximum atomic E-state index is 13.1. The van der Waals surface area contributed by atoms with Gasteiger partial charge in [-0.15, -0.1) is 0 Å². The van der Waals surface area contributed by atoms with Gasteiger partial charge in [-0.05, 0) is 54.5 Å². The highest BCUT2D eigenvalue weighted by atomic mass is 32.1. The Bertz CT molecular complexity index is 1040. The predicted octanol–water partition coefficient (Wildman–Crippen LogP) is 5.15. The van der Waals surface area contributed by atoms with Crippen LogP contribution in [0.5, 0.6) is 11.5 Å². The Morgan fingerprint density at radius 3 is 2.42 bits per heavy atom. The summed E-state index contributed by atoms with van der Waals surface area (Å²) < 4.78 is 24.8. The van der Waals surface area contributed by atoms with Crippen LogP contribution in [0.4, 0.5) is 4.39 Å². The average Bonchev–Trinajstić information content (AvgIpc) is 2.73. The number of ether oxygens (including phenoxy) is 2. The van der Waals surface area contributed by atoms with Crippen LogP contribution < -0.4 is 20.1 Å². The first-order valence-corrected chi connectivity index (χ1v) is 10.5. The summed E-state index contributed by atoms with van der Waals surface area (Å²) in [4.78, 5) is 0. The molecule has 0 radical (unpaired) electrons. The van der Waals surface area contributed by atoms with Crippen LogP contribution in [0.1, 0.15) is 44.9 Å². The first kappa shape index (κ1) is 22.6. The summed E-state index contributed by atoms with van der Waals surface area (Å²) in [5.74, 6) is 0.861. The van der Waals surface area contributed by atoms with Crippen molar-refractivity contribution in [3.05, 3.63) is 70.7 Å². The van der Waals surface area contributed by atoms with Gasteiger partial charge in [-0.25, -0.2) is 4.39 Å². The molecule has 0 aromatic heterocycles. The van der Waals surface area contributed by atoms with Gasteiger partial charge in [-0.1, -0.05) is 39.0 Å². The first-order chi connectivity index (χ1) is 14.7. The monoisotopic (exact) mass is 439 g/mol. The minimum absolute atomic E-state index is 0.267. The second-order valence-corrected chi connectivity index (χ2v) is 8.64. The summed E-state index contributed by atoms with van der Waals surface area (Å²) in [7, 11) is 0. The van der Waals surface area contributed by atoms with Crippen LogP contribution in [0.2, 0.25) is 0 Å². The molecule has 0 spiro atoms. The van der Waals surface area contributed by atoms with E-state index in [1.165, 1.54) is 12.1 Å². The Morgan fingerprint density at radius 2 is 1.81 bits per heavy atom. The van der Waals surface area contributed by atoms with Crippen LogP contribution in [-0.2, 0) is 6.61 Å². The fraction of sp³-hybridized carbons (Fsp3) is 0.333. The van der Waals surface area contributed by atoms with Gasteiger partial charge in [0.1, 0.15) is 12.4 Å². The minimum Gasteiger partial charge on any atom is -0.490 e. The van der Waals surface area contributed by atoms with Gasteiger partial charge < -0.3 is 20.1 Å². The van der Waals surface area contributed by atoms with Crippen molar-refractivity contribution in [3.63, 3.8) is 0 Å². The molecule has 1 heterocycles. The molecule has 1 aliphatic rings. The maximum Gasteiger partial charge on any atom is 0.171 e. The molecule has 0 aliphatic carbocycles. The molecule has 31 heavy (non-hydrogen) atoms. The Hall–Kier alpha value is -3.11. The van der Waals surface area contributed by atoms with Gasteiger partial charge >= 0.3 is 0 Å². The zero-order chi connectivity index (χ0) is 22.6. The van der Waals surface area contributed by atoms with E-state index in [1.54, 1.807) is 12.1 Å². The molecule has 162 valence electrons. The standard InChI is InChI=1S/C24H26FN3O2S/c1-5-29-20-12-16(8-11-19(20)30-14-15-6-9-17(25)10-7-15)21-18(13-26)22(24(2,3)4)28-23(31)27-21/h6-12,21H,5,14H2,1-4H3,(H2,27,28,31)/t21-/m1/s1. The van der Waals surface area contributed by atoms with Crippen molar-refractivity contribution < 1.29 is 13.9 Å². The molecule has 5 nitrogen and oxygen atoms in total. The summed E-state index contributed by atoms with van der Waals surface area (Å²) in [6.07, 6.45) is 0. The molecule has 2 aromatic rings. The van der Waals surface area contributed by atoms with Crippen molar-refractivity contribution in [2.75, 3.05) is 6.61 Å². The van der Waals surface area contributed by atoms with Gasteiger partial charge in [0.05, 0.1) is 24.3 Å². The summed E-state index contributed by atoms with van der Waals surface area (Å²) in [6, 6.07) is 13.7. The van der Waals surface area contributed by atoms with E-state index in [4.69, 9.17) is 21.7 Å². The van der Waals surface area contributed by atoms with Gasteiger partial charge in [-0.2, -0.15) is 5.26 Å². The number of hydrogen-bond acceptors (Lipinski definition) is 4. The van der Waals surface area contributed by atoms with E-state index >= 15 is 0 Å². The minimum atomic E-state index is -0.390. The van der Waals surface area contributed by atoms with Crippen LogP contribution in [0.15, 0.2) is 53.7 Å². The van der Waals surface area contributed by atoms with Gasteiger partial charge in [0, 0.05) is 11.1 Å². The summed E-state index contributed by atoms with van der Waals surface area (Å²) in [5, 5.41) is 16.7. The SMILES string of the molecule is CCOc1cc([C@H]2NC(=S)NC(C(C)(C)C)=C2C#N)ccc1OCc1ccc(F)cc1. The van der Waals surface area contributed by atoms with Crippen LogP contribution >= 0.6 is 12.2 Å². The van der Waals surface area contributed by atoms with Crippen LogP contribution in [0, 0.1) is 22.6 Å². The molecule has 3 rings (SSSR count). The number of benzene rings is 2. The topological polar surface area (TPSA) is 66.3 Å². The highest BCUT2D eigenvalue weighted by molar-refractivity contribution is 7.80. The Morgan fingerprint density at radius 1 is 1.10 bits per heavy atom. The predicted molar refractivity (Wildman–Crippen MR) is 122 cm³/mol. The van der Waals surface area contributed by atoms with E-state index in [-0.39, 0.29) is 17.8 Å². The lowest BCUT2D eigenvalue weighted by Crippen LogP contribution is -2.46. The van der Waals surface area contributed by atoms with E-state index in [9.17, 15) is 9.65 Å². The molecule has 7 heteroatoms. The van der Waals surface area contributed by atoms with Gasteiger partial charge in [0.2, 0.25) is 0 Å². The molecule has 0 amide bonds. The second-order valence-electron chi connectivity index (χ2n) is 8.24. The lowest BCUT2D eigenvalue weighted by molar-refractivity contribution is 0.269. The largest absolute Gasteiger partial charge is 0.490 e.